The SMILES string of the molecule is CCCNc1cnc(CN(CCC)CC(=O)NC)cn1. The maximum atomic E-state index is 11.5. The van der Waals surface area contributed by atoms with Crippen molar-refractivity contribution < 1.29 is 4.79 Å². The van der Waals surface area contributed by atoms with Crippen LogP contribution in [-0.4, -0.2) is 47.5 Å². The molecule has 0 bridgehead atoms. The lowest BCUT2D eigenvalue weighted by molar-refractivity contribution is -0.121. The van der Waals surface area contributed by atoms with Crippen LogP contribution in [-0.2, 0) is 11.3 Å². The van der Waals surface area contributed by atoms with Gasteiger partial charge in [0.2, 0.25) is 5.91 Å². The second-order valence-electron chi connectivity index (χ2n) is 4.70. The molecule has 0 spiro atoms. The average molecular weight is 279 g/mol. The summed E-state index contributed by atoms with van der Waals surface area (Å²) in [6.07, 6.45) is 5.57. The minimum absolute atomic E-state index is 0.0210. The Balaban J connectivity index is 2.56. The van der Waals surface area contributed by atoms with Gasteiger partial charge in [0, 0.05) is 20.1 Å². The number of rotatable bonds is 9. The van der Waals surface area contributed by atoms with E-state index in [4.69, 9.17) is 0 Å². The van der Waals surface area contributed by atoms with Gasteiger partial charge in [0.25, 0.3) is 0 Å². The predicted octanol–water partition coefficient (Wildman–Crippen LogP) is 1.26. The zero-order valence-corrected chi connectivity index (χ0v) is 12.6. The Morgan fingerprint density at radius 2 is 2.05 bits per heavy atom. The van der Waals surface area contributed by atoms with Gasteiger partial charge in [-0.15, -0.1) is 0 Å². The highest BCUT2D eigenvalue weighted by Crippen LogP contribution is 2.05. The van der Waals surface area contributed by atoms with Crippen LogP contribution in [0.4, 0.5) is 5.82 Å². The number of hydrogen-bond acceptors (Lipinski definition) is 5. The molecule has 1 aromatic rings. The number of anilines is 1. The Morgan fingerprint density at radius 3 is 2.60 bits per heavy atom. The first-order chi connectivity index (χ1) is 9.69. The van der Waals surface area contributed by atoms with Crippen molar-refractivity contribution in [2.24, 2.45) is 0 Å². The lowest BCUT2D eigenvalue weighted by Gasteiger charge is -2.20. The quantitative estimate of drug-likeness (QED) is 0.712. The van der Waals surface area contributed by atoms with Crippen molar-refractivity contribution in [2.75, 3.05) is 32.0 Å². The average Bonchev–Trinajstić information content (AvgIpc) is 2.46. The number of nitrogens with zero attached hydrogens (tertiary/aromatic N) is 3. The van der Waals surface area contributed by atoms with Crippen LogP contribution in [0.2, 0.25) is 0 Å². The summed E-state index contributed by atoms with van der Waals surface area (Å²) in [5.41, 5.74) is 0.879. The Hall–Kier alpha value is -1.69. The van der Waals surface area contributed by atoms with Crippen molar-refractivity contribution in [1.29, 1.82) is 0 Å². The monoisotopic (exact) mass is 279 g/mol. The maximum absolute atomic E-state index is 11.5. The summed E-state index contributed by atoms with van der Waals surface area (Å²) in [7, 11) is 1.65. The van der Waals surface area contributed by atoms with Crippen molar-refractivity contribution in [3.8, 4) is 0 Å². The molecule has 6 nitrogen and oxygen atoms in total. The molecule has 1 rings (SSSR count). The molecular weight excluding hydrogens is 254 g/mol. The Labute approximate surface area is 121 Å². The molecule has 0 aromatic carbocycles. The van der Waals surface area contributed by atoms with Crippen LogP contribution < -0.4 is 10.6 Å². The van der Waals surface area contributed by atoms with Crippen molar-refractivity contribution in [2.45, 2.75) is 33.2 Å². The predicted molar refractivity (Wildman–Crippen MR) is 80.4 cm³/mol. The lowest BCUT2D eigenvalue weighted by atomic mass is 10.3. The molecule has 112 valence electrons. The molecule has 6 heteroatoms. The highest BCUT2D eigenvalue weighted by molar-refractivity contribution is 5.77. The van der Waals surface area contributed by atoms with Gasteiger partial charge in [-0.05, 0) is 19.4 Å². The number of carbonyl (C=O) groups is 1. The second kappa shape index (κ2) is 9.25. The van der Waals surface area contributed by atoms with Gasteiger partial charge in [0.15, 0.2) is 0 Å². The van der Waals surface area contributed by atoms with E-state index in [1.165, 1.54) is 0 Å². The third-order valence-electron chi connectivity index (χ3n) is 2.83. The fourth-order valence-electron chi connectivity index (χ4n) is 1.82. The number of carbonyl (C=O) groups excluding carboxylic acids is 1. The van der Waals surface area contributed by atoms with Crippen molar-refractivity contribution >= 4 is 11.7 Å². The molecule has 1 heterocycles. The van der Waals surface area contributed by atoms with E-state index in [9.17, 15) is 4.79 Å². The van der Waals surface area contributed by atoms with E-state index >= 15 is 0 Å². The van der Waals surface area contributed by atoms with E-state index in [1.807, 2.05) is 0 Å². The van der Waals surface area contributed by atoms with E-state index < -0.39 is 0 Å². The summed E-state index contributed by atoms with van der Waals surface area (Å²) in [6, 6.07) is 0. The summed E-state index contributed by atoms with van der Waals surface area (Å²) >= 11 is 0. The van der Waals surface area contributed by atoms with Gasteiger partial charge in [0.05, 0.1) is 24.6 Å². The van der Waals surface area contributed by atoms with Gasteiger partial charge < -0.3 is 10.6 Å². The number of likely N-dealkylation sites (N-methyl/N-ethyl adjacent to an activating group) is 1. The fraction of sp³-hybridized carbons (Fsp3) is 0.643. The summed E-state index contributed by atoms with van der Waals surface area (Å²) < 4.78 is 0. The maximum Gasteiger partial charge on any atom is 0.233 e. The molecule has 0 unspecified atom stereocenters. The second-order valence-corrected chi connectivity index (χ2v) is 4.70. The van der Waals surface area contributed by atoms with Crippen LogP contribution in [0.5, 0.6) is 0 Å². The Morgan fingerprint density at radius 1 is 1.25 bits per heavy atom. The third kappa shape index (κ3) is 5.97. The number of nitrogens with one attached hydrogen (secondary N) is 2. The fourth-order valence-corrected chi connectivity index (χ4v) is 1.82. The van der Waals surface area contributed by atoms with E-state index in [-0.39, 0.29) is 5.91 Å². The molecular formula is C14H25N5O. The Bertz CT molecular complexity index is 393. The van der Waals surface area contributed by atoms with Gasteiger partial charge >= 0.3 is 0 Å². The molecule has 0 aliphatic heterocycles. The van der Waals surface area contributed by atoms with E-state index in [1.54, 1.807) is 19.4 Å². The first-order valence-corrected chi connectivity index (χ1v) is 7.17. The standard InChI is InChI=1S/C14H25N5O/c1-4-6-16-13-9-17-12(8-18-13)10-19(7-5-2)11-14(20)15-3/h8-9H,4-7,10-11H2,1-3H3,(H,15,20)(H,16,18). The third-order valence-corrected chi connectivity index (χ3v) is 2.83. The molecule has 1 aromatic heterocycles. The highest BCUT2D eigenvalue weighted by atomic mass is 16.1. The summed E-state index contributed by atoms with van der Waals surface area (Å²) in [5, 5.41) is 5.84. The number of hydrogen-bond donors (Lipinski definition) is 2. The van der Waals surface area contributed by atoms with Crippen molar-refractivity contribution in [3.05, 3.63) is 18.1 Å². The molecule has 0 atom stereocenters. The van der Waals surface area contributed by atoms with Crippen molar-refractivity contribution in [3.63, 3.8) is 0 Å². The van der Waals surface area contributed by atoms with Crippen LogP contribution in [0.3, 0.4) is 0 Å². The molecule has 1 amide bonds. The van der Waals surface area contributed by atoms with Gasteiger partial charge in [-0.1, -0.05) is 13.8 Å². The smallest absolute Gasteiger partial charge is 0.233 e. The molecule has 0 saturated heterocycles. The molecule has 0 aliphatic carbocycles. The normalized spacial score (nSPS) is 10.6. The van der Waals surface area contributed by atoms with Crippen LogP contribution >= 0.6 is 0 Å². The zero-order valence-electron chi connectivity index (χ0n) is 12.6. The first-order valence-electron chi connectivity index (χ1n) is 7.17. The minimum atomic E-state index is 0.0210. The first kappa shape index (κ1) is 16.4. The van der Waals surface area contributed by atoms with Gasteiger partial charge in [-0.3, -0.25) is 14.7 Å². The molecule has 0 saturated carbocycles. The topological polar surface area (TPSA) is 70.2 Å². The zero-order chi connectivity index (χ0) is 14.8. The van der Waals surface area contributed by atoms with E-state index in [0.717, 1.165) is 37.4 Å². The van der Waals surface area contributed by atoms with Crippen molar-refractivity contribution in [1.82, 2.24) is 20.2 Å². The lowest BCUT2D eigenvalue weighted by Crippen LogP contribution is -2.35. The molecule has 0 aliphatic rings. The van der Waals surface area contributed by atoms with Crippen LogP contribution in [0.25, 0.3) is 0 Å². The molecule has 2 N–H and O–H groups in total. The van der Waals surface area contributed by atoms with Gasteiger partial charge in [0.1, 0.15) is 5.82 Å². The van der Waals surface area contributed by atoms with Crippen LogP contribution in [0.1, 0.15) is 32.4 Å². The number of aromatic nitrogens is 2. The highest BCUT2D eigenvalue weighted by Gasteiger charge is 2.10. The summed E-state index contributed by atoms with van der Waals surface area (Å²) in [6.45, 7) is 7.00. The molecule has 20 heavy (non-hydrogen) atoms. The van der Waals surface area contributed by atoms with Gasteiger partial charge in [-0.25, -0.2) is 4.98 Å². The van der Waals surface area contributed by atoms with E-state index in [0.29, 0.717) is 13.1 Å². The summed E-state index contributed by atoms with van der Waals surface area (Å²) in [5.74, 6) is 0.816. The minimum Gasteiger partial charge on any atom is -0.369 e. The molecule has 0 radical (unpaired) electrons. The van der Waals surface area contributed by atoms with Crippen LogP contribution in [0, 0.1) is 0 Å². The van der Waals surface area contributed by atoms with Crippen LogP contribution in [0.15, 0.2) is 12.4 Å². The van der Waals surface area contributed by atoms with E-state index in [2.05, 4.69) is 39.3 Å². The summed E-state index contributed by atoms with van der Waals surface area (Å²) in [4.78, 5) is 22.2. The molecule has 0 fully saturated rings. The number of amides is 1. The Kier molecular flexibility index (Phi) is 7.57. The van der Waals surface area contributed by atoms with Gasteiger partial charge in [-0.2, -0.15) is 0 Å². The largest absolute Gasteiger partial charge is 0.369 e.